The molecule has 0 saturated carbocycles. The van der Waals surface area contributed by atoms with E-state index in [1.54, 1.807) is 30.4 Å². The molecule has 7 heteroatoms. The maximum atomic E-state index is 12.7. The van der Waals surface area contributed by atoms with Crippen LogP contribution in [0.5, 0.6) is 0 Å². The van der Waals surface area contributed by atoms with Gasteiger partial charge in [0.2, 0.25) is 0 Å². The maximum absolute atomic E-state index is 12.7. The van der Waals surface area contributed by atoms with E-state index in [1.165, 1.54) is 13.0 Å². The summed E-state index contributed by atoms with van der Waals surface area (Å²) in [6.07, 6.45) is -5.90. The van der Waals surface area contributed by atoms with Crippen molar-refractivity contribution in [3.63, 3.8) is 0 Å². The Morgan fingerprint density at radius 1 is 1.21 bits per heavy atom. The molecule has 0 fully saturated rings. The van der Waals surface area contributed by atoms with Crippen molar-refractivity contribution in [1.29, 1.82) is 0 Å². The average molecular weight is 281 g/mol. The van der Waals surface area contributed by atoms with Crippen LogP contribution >= 0.6 is 0 Å². The van der Waals surface area contributed by atoms with Crippen LogP contribution in [0, 0.1) is 6.92 Å². The summed E-state index contributed by atoms with van der Waals surface area (Å²) < 4.78 is 61.5. The van der Waals surface area contributed by atoms with Crippen molar-refractivity contribution >= 4 is 5.91 Å². The second-order valence-corrected chi connectivity index (χ2v) is 4.18. The topological polar surface area (TPSA) is 29.1 Å². The first kappa shape index (κ1) is 15.4. The van der Waals surface area contributed by atoms with Crippen molar-refractivity contribution in [3.8, 4) is 0 Å². The van der Waals surface area contributed by atoms with Crippen LogP contribution < -0.4 is 5.32 Å². The van der Waals surface area contributed by atoms with Gasteiger partial charge in [0.1, 0.15) is 0 Å². The Morgan fingerprint density at radius 3 is 2.26 bits per heavy atom. The number of aryl methyl sites for hydroxylation is 1. The van der Waals surface area contributed by atoms with Crippen LogP contribution in [-0.4, -0.2) is 18.0 Å². The summed E-state index contributed by atoms with van der Waals surface area (Å²) in [7, 11) is 0. The molecule has 1 N–H and O–H groups in total. The van der Waals surface area contributed by atoms with Crippen LogP contribution in [-0.2, 0) is 4.79 Å². The van der Waals surface area contributed by atoms with Crippen LogP contribution in [0.1, 0.15) is 24.1 Å². The Hall–Kier alpha value is -1.66. The van der Waals surface area contributed by atoms with Crippen LogP contribution in [0.3, 0.4) is 0 Å². The molecule has 0 bridgehead atoms. The number of hydrogen-bond acceptors (Lipinski definition) is 1. The van der Waals surface area contributed by atoms with Crippen molar-refractivity contribution in [2.24, 2.45) is 0 Å². The van der Waals surface area contributed by atoms with Crippen LogP contribution in [0.15, 0.2) is 24.3 Å². The van der Waals surface area contributed by atoms with Crippen LogP contribution in [0.25, 0.3) is 0 Å². The quantitative estimate of drug-likeness (QED) is 0.846. The Kier molecular flexibility index (Phi) is 4.17. The molecule has 0 heterocycles. The van der Waals surface area contributed by atoms with E-state index in [-0.39, 0.29) is 0 Å². The van der Waals surface area contributed by atoms with E-state index in [9.17, 15) is 26.7 Å². The number of nitrogens with one attached hydrogen (secondary N) is 1. The van der Waals surface area contributed by atoms with E-state index < -0.39 is 24.0 Å². The Balaban J connectivity index is 2.83. The number of carbonyl (C=O) groups is 1. The number of hydrogen-bond donors (Lipinski definition) is 1. The molecule has 0 aliphatic carbocycles. The Bertz CT molecular complexity index is 469. The number of rotatable bonds is 3. The zero-order valence-electron chi connectivity index (χ0n) is 10.2. The third kappa shape index (κ3) is 3.42. The van der Waals surface area contributed by atoms with Gasteiger partial charge in [-0.25, -0.2) is 0 Å². The molecule has 2 nitrogen and oxygen atoms in total. The summed E-state index contributed by atoms with van der Waals surface area (Å²) in [5.74, 6) is -7.75. The van der Waals surface area contributed by atoms with Gasteiger partial charge in [-0.2, -0.15) is 22.0 Å². The number of halogens is 5. The molecule has 106 valence electrons. The Morgan fingerprint density at radius 2 is 1.79 bits per heavy atom. The first-order valence-electron chi connectivity index (χ1n) is 5.38. The van der Waals surface area contributed by atoms with Gasteiger partial charge in [-0.3, -0.25) is 4.79 Å². The normalized spacial score (nSPS) is 14.1. The Labute approximate surface area is 106 Å². The van der Waals surface area contributed by atoms with Gasteiger partial charge in [0.15, 0.2) is 0 Å². The minimum Gasteiger partial charge on any atom is -0.344 e. The third-order valence-corrected chi connectivity index (χ3v) is 2.53. The molecule has 1 rings (SSSR count). The van der Waals surface area contributed by atoms with Crippen LogP contribution in [0.2, 0.25) is 0 Å². The molecule has 1 aromatic carbocycles. The van der Waals surface area contributed by atoms with E-state index in [4.69, 9.17) is 0 Å². The third-order valence-electron chi connectivity index (χ3n) is 2.53. The van der Waals surface area contributed by atoms with Gasteiger partial charge < -0.3 is 5.32 Å². The molecule has 0 saturated heterocycles. The molecular weight excluding hydrogens is 269 g/mol. The lowest BCUT2D eigenvalue weighted by Gasteiger charge is -2.22. The minimum atomic E-state index is -5.90. The average Bonchev–Trinajstić information content (AvgIpc) is 2.27. The van der Waals surface area contributed by atoms with E-state index >= 15 is 0 Å². The van der Waals surface area contributed by atoms with Gasteiger partial charge in [-0.05, 0) is 19.4 Å². The fourth-order valence-corrected chi connectivity index (χ4v) is 1.44. The molecule has 0 aliphatic rings. The fourth-order valence-electron chi connectivity index (χ4n) is 1.44. The molecule has 1 atom stereocenters. The van der Waals surface area contributed by atoms with Gasteiger partial charge in [0.05, 0.1) is 6.04 Å². The van der Waals surface area contributed by atoms with Crippen molar-refractivity contribution in [3.05, 3.63) is 35.4 Å². The number of benzene rings is 1. The highest BCUT2D eigenvalue weighted by Crippen LogP contribution is 2.35. The van der Waals surface area contributed by atoms with Gasteiger partial charge in [0, 0.05) is 0 Å². The highest BCUT2D eigenvalue weighted by atomic mass is 19.4. The van der Waals surface area contributed by atoms with Gasteiger partial charge in [-0.1, -0.05) is 29.8 Å². The van der Waals surface area contributed by atoms with E-state index in [1.807, 2.05) is 0 Å². The second-order valence-electron chi connectivity index (χ2n) is 4.18. The zero-order valence-corrected chi connectivity index (χ0v) is 10.2. The summed E-state index contributed by atoms with van der Waals surface area (Å²) >= 11 is 0. The number of alkyl halides is 5. The zero-order chi connectivity index (χ0) is 14.8. The van der Waals surface area contributed by atoms with E-state index in [0.29, 0.717) is 5.56 Å². The van der Waals surface area contributed by atoms with Gasteiger partial charge >= 0.3 is 18.0 Å². The molecule has 0 aliphatic heterocycles. The molecular formula is C12H12F5NO. The van der Waals surface area contributed by atoms with Crippen molar-refractivity contribution < 1.29 is 26.7 Å². The molecule has 1 aromatic rings. The largest absolute Gasteiger partial charge is 0.463 e. The SMILES string of the molecule is Cc1cccc([C@H](C)NC(=O)C(F)(F)C(F)(F)F)c1. The van der Waals surface area contributed by atoms with Crippen molar-refractivity contribution in [1.82, 2.24) is 5.32 Å². The second kappa shape index (κ2) is 5.14. The number of amides is 1. The summed E-state index contributed by atoms with van der Waals surface area (Å²) in [5, 5.41) is 1.66. The lowest BCUT2D eigenvalue weighted by atomic mass is 10.1. The molecule has 0 spiro atoms. The van der Waals surface area contributed by atoms with Crippen LogP contribution in [0.4, 0.5) is 22.0 Å². The monoisotopic (exact) mass is 281 g/mol. The molecule has 0 radical (unpaired) electrons. The lowest BCUT2D eigenvalue weighted by Crippen LogP contribution is -2.50. The highest BCUT2D eigenvalue weighted by molar-refractivity contribution is 5.84. The van der Waals surface area contributed by atoms with Gasteiger partial charge in [0.25, 0.3) is 0 Å². The molecule has 0 aromatic heterocycles. The van der Waals surface area contributed by atoms with E-state index in [0.717, 1.165) is 5.56 Å². The molecule has 1 amide bonds. The first-order valence-corrected chi connectivity index (χ1v) is 5.38. The fraction of sp³-hybridized carbons (Fsp3) is 0.417. The smallest absolute Gasteiger partial charge is 0.344 e. The van der Waals surface area contributed by atoms with Gasteiger partial charge in [-0.15, -0.1) is 0 Å². The summed E-state index contributed by atoms with van der Waals surface area (Å²) in [4.78, 5) is 11.0. The number of carbonyl (C=O) groups excluding carboxylic acids is 1. The summed E-state index contributed by atoms with van der Waals surface area (Å²) in [6.45, 7) is 3.07. The highest BCUT2D eigenvalue weighted by Gasteiger charge is 2.63. The molecule has 0 unspecified atom stereocenters. The summed E-state index contributed by atoms with van der Waals surface area (Å²) in [5.41, 5.74) is 1.26. The minimum absolute atomic E-state index is 0.450. The molecule has 19 heavy (non-hydrogen) atoms. The predicted octanol–water partition coefficient (Wildman–Crippen LogP) is 3.37. The van der Waals surface area contributed by atoms with Crippen molar-refractivity contribution in [2.45, 2.75) is 32.0 Å². The summed E-state index contributed by atoms with van der Waals surface area (Å²) in [6, 6.07) is 5.54. The van der Waals surface area contributed by atoms with Crippen molar-refractivity contribution in [2.75, 3.05) is 0 Å². The maximum Gasteiger partial charge on any atom is 0.463 e. The lowest BCUT2D eigenvalue weighted by molar-refractivity contribution is -0.270. The predicted molar refractivity (Wildman–Crippen MR) is 58.7 cm³/mol. The first-order chi connectivity index (χ1) is 8.55. The van der Waals surface area contributed by atoms with E-state index in [2.05, 4.69) is 0 Å². The standard InChI is InChI=1S/C12H12F5NO/c1-7-4-3-5-9(6-7)8(2)18-10(19)11(13,14)12(15,16)17/h3-6,8H,1-2H3,(H,18,19)/t8-/m0/s1.